The smallest absolute Gasteiger partial charge is 0.108 e. The van der Waals surface area contributed by atoms with Crippen LogP contribution in [-0.2, 0) is 4.74 Å². The third kappa shape index (κ3) is 3.94. The van der Waals surface area contributed by atoms with Gasteiger partial charge < -0.3 is 4.74 Å². The van der Waals surface area contributed by atoms with Crippen LogP contribution in [0.15, 0.2) is 0 Å². The Bertz CT molecular complexity index is 352. The normalized spacial score (nSPS) is 36.5. The molecule has 1 aliphatic heterocycles. The zero-order valence-electron chi connectivity index (χ0n) is 13.2. The summed E-state index contributed by atoms with van der Waals surface area (Å²) in [6.07, 6.45) is 5.72. The molecule has 0 aromatic carbocycles. The standard InChI is InChI=1S/C16H29N3O/c1-13(2)18-16(12-17)7-4-6-15(10-16)19-8-5-9-20-14(3)11-19/h13-15,18H,4-11H2,1-3H3. The summed E-state index contributed by atoms with van der Waals surface area (Å²) in [5.74, 6) is 0. The number of ether oxygens (including phenoxy) is 1. The topological polar surface area (TPSA) is 48.3 Å². The van der Waals surface area contributed by atoms with Crippen molar-refractivity contribution >= 4 is 0 Å². The van der Waals surface area contributed by atoms with Crippen LogP contribution >= 0.6 is 0 Å². The van der Waals surface area contributed by atoms with Crippen LogP contribution in [0.2, 0.25) is 0 Å². The number of hydrogen-bond acceptors (Lipinski definition) is 4. The van der Waals surface area contributed by atoms with Gasteiger partial charge in [0.15, 0.2) is 0 Å². The molecule has 2 aliphatic rings. The first-order chi connectivity index (χ1) is 9.54. The number of nitriles is 1. The van der Waals surface area contributed by atoms with E-state index in [0.717, 1.165) is 45.4 Å². The van der Waals surface area contributed by atoms with Crippen LogP contribution in [0, 0.1) is 11.3 Å². The second kappa shape index (κ2) is 6.89. The molecular formula is C16H29N3O. The Balaban J connectivity index is 2.03. The zero-order valence-corrected chi connectivity index (χ0v) is 13.2. The van der Waals surface area contributed by atoms with Gasteiger partial charge in [0.25, 0.3) is 0 Å². The minimum Gasteiger partial charge on any atom is -0.377 e. The van der Waals surface area contributed by atoms with Crippen LogP contribution in [0.1, 0.15) is 52.9 Å². The molecule has 1 N–H and O–H groups in total. The van der Waals surface area contributed by atoms with Gasteiger partial charge in [0.05, 0.1) is 12.2 Å². The lowest BCUT2D eigenvalue weighted by molar-refractivity contribution is 0.0503. The monoisotopic (exact) mass is 279 g/mol. The number of hydrogen-bond donors (Lipinski definition) is 1. The Kier molecular flexibility index (Phi) is 5.42. The van der Waals surface area contributed by atoms with Crippen molar-refractivity contribution in [1.29, 1.82) is 5.26 Å². The molecule has 2 rings (SSSR count). The van der Waals surface area contributed by atoms with Gasteiger partial charge in [-0.1, -0.05) is 0 Å². The van der Waals surface area contributed by atoms with Gasteiger partial charge in [-0.15, -0.1) is 0 Å². The van der Waals surface area contributed by atoms with Crippen molar-refractivity contribution in [3.8, 4) is 6.07 Å². The van der Waals surface area contributed by atoms with E-state index < -0.39 is 0 Å². The second-order valence-corrected chi connectivity index (χ2v) is 6.77. The van der Waals surface area contributed by atoms with Crippen molar-refractivity contribution in [3.05, 3.63) is 0 Å². The minimum absolute atomic E-state index is 0.314. The molecule has 4 heteroatoms. The van der Waals surface area contributed by atoms with E-state index in [4.69, 9.17) is 4.74 Å². The van der Waals surface area contributed by atoms with Gasteiger partial charge in [-0.2, -0.15) is 5.26 Å². The molecule has 0 bridgehead atoms. The van der Waals surface area contributed by atoms with Crippen LogP contribution in [0.5, 0.6) is 0 Å². The van der Waals surface area contributed by atoms with Crippen molar-refractivity contribution in [3.63, 3.8) is 0 Å². The molecule has 3 unspecified atom stereocenters. The fraction of sp³-hybridized carbons (Fsp3) is 0.938. The predicted octanol–water partition coefficient (Wildman–Crippen LogP) is 2.30. The van der Waals surface area contributed by atoms with Gasteiger partial charge in [0.1, 0.15) is 5.54 Å². The van der Waals surface area contributed by atoms with Crippen LogP contribution in [-0.4, -0.2) is 48.3 Å². The van der Waals surface area contributed by atoms with Crippen LogP contribution < -0.4 is 5.32 Å². The molecule has 3 atom stereocenters. The quantitative estimate of drug-likeness (QED) is 0.861. The van der Waals surface area contributed by atoms with Crippen molar-refractivity contribution in [1.82, 2.24) is 10.2 Å². The highest BCUT2D eigenvalue weighted by molar-refractivity contribution is 5.11. The zero-order chi connectivity index (χ0) is 14.6. The van der Waals surface area contributed by atoms with Crippen LogP contribution in [0.3, 0.4) is 0 Å². The summed E-state index contributed by atoms with van der Waals surface area (Å²) in [6.45, 7) is 9.41. The van der Waals surface area contributed by atoms with Crippen molar-refractivity contribution in [2.75, 3.05) is 19.7 Å². The van der Waals surface area contributed by atoms with E-state index in [2.05, 4.69) is 37.1 Å². The SMILES string of the molecule is CC(C)NC1(C#N)CCCC(N2CCCOC(C)C2)C1. The summed E-state index contributed by atoms with van der Waals surface area (Å²) in [5.41, 5.74) is -0.326. The summed E-state index contributed by atoms with van der Waals surface area (Å²) in [4.78, 5) is 2.56. The number of nitrogens with one attached hydrogen (secondary N) is 1. The molecule has 114 valence electrons. The average Bonchev–Trinajstić information content (AvgIpc) is 2.63. The van der Waals surface area contributed by atoms with Gasteiger partial charge in [-0.3, -0.25) is 10.2 Å². The van der Waals surface area contributed by atoms with E-state index in [9.17, 15) is 5.26 Å². The molecule has 1 saturated carbocycles. The summed E-state index contributed by atoms with van der Waals surface area (Å²) >= 11 is 0. The molecule has 0 amide bonds. The first-order valence-electron chi connectivity index (χ1n) is 8.09. The molecular weight excluding hydrogens is 250 g/mol. The first kappa shape index (κ1) is 15.8. The Morgan fingerprint density at radius 3 is 2.90 bits per heavy atom. The van der Waals surface area contributed by atoms with E-state index in [-0.39, 0.29) is 5.54 Å². The molecule has 0 aromatic rings. The van der Waals surface area contributed by atoms with E-state index in [1.54, 1.807) is 0 Å². The molecule has 2 fully saturated rings. The fourth-order valence-corrected chi connectivity index (χ4v) is 3.73. The largest absolute Gasteiger partial charge is 0.377 e. The lowest BCUT2D eigenvalue weighted by atomic mass is 9.78. The molecule has 0 radical (unpaired) electrons. The van der Waals surface area contributed by atoms with Crippen LogP contribution in [0.25, 0.3) is 0 Å². The minimum atomic E-state index is -0.326. The van der Waals surface area contributed by atoms with Gasteiger partial charge >= 0.3 is 0 Å². The van der Waals surface area contributed by atoms with Crippen molar-refractivity contribution in [2.24, 2.45) is 0 Å². The van der Waals surface area contributed by atoms with Crippen LogP contribution in [0.4, 0.5) is 0 Å². The number of nitrogens with zero attached hydrogens (tertiary/aromatic N) is 2. The highest BCUT2D eigenvalue weighted by Gasteiger charge is 2.39. The van der Waals surface area contributed by atoms with Crippen molar-refractivity contribution in [2.45, 2.75) is 76.6 Å². The highest BCUT2D eigenvalue weighted by Crippen LogP contribution is 2.32. The molecule has 4 nitrogen and oxygen atoms in total. The summed E-state index contributed by atoms with van der Waals surface area (Å²) in [7, 11) is 0. The molecule has 1 aliphatic carbocycles. The maximum Gasteiger partial charge on any atom is 0.108 e. The fourth-order valence-electron chi connectivity index (χ4n) is 3.73. The average molecular weight is 279 g/mol. The predicted molar refractivity (Wildman–Crippen MR) is 80.5 cm³/mol. The third-order valence-corrected chi connectivity index (χ3v) is 4.50. The molecule has 0 aromatic heterocycles. The maximum atomic E-state index is 9.66. The maximum absolute atomic E-state index is 9.66. The molecule has 1 saturated heterocycles. The first-order valence-corrected chi connectivity index (χ1v) is 8.09. The van der Waals surface area contributed by atoms with E-state index >= 15 is 0 Å². The Morgan fingerprint density at radius 2 is 2.20 bits per heavy atom. The Morgan fingerprint density at radius 1 is 1.40 bits per heavy atom. The van der Waals surface area contributed by atoms with E-state index in [0.29, 0.717) is 18.2 Å². The highest BCUT2D eigenvalue weighted by atomic mass is 16.5. The Hall–Kier alpha value is -0.630. The number of rotatable bonds is 3. The lowest BCUT2D eigenvalue weighted by Crippen LogP contribution is -2.55. The van der Waals surface area contributed by atoms with E-state index in [1.165, 1.54) is 6.42 Å². The third-order valence-electron chi connectivity index (χ3n) is 4.50. The van der Waals surface area contributed by atoms with Crippen molar-refractivity contribution < 1.29 is 4.74 Å². The lowest BCUT2D eigenvalue weighted by Gasteiger charge is -2.42. The molecule has 20 heavy (non-hydrogen) atoms. The summed E-state index contributed by atoms with van der Waals surface area (Å²) in [5, 5.41) is 13.2. The van der Waals surface area contributed by atoms with Gasteiger partial charge in [0.2, 0.25) is 0 Å². The van der Waals surface area contributed by atoms with Gasteiger partial charge in [-0.25, -0.2) is 0 Å². The second-order valence-electron chi connectivity index (χ2n) is 6.77. The summed E-state index contributed by atoms with van der Waals surface area (Å²) < 4.78 is 5.74. The molecule has 1 heterocycles. The molecule has 0 spiro atoms. The summed E-state index contributed by atoms with van der Waals surface area (Å²) in [6, 6.07) is 3.46. The van der Waals surface area contributed by atoms with E-state index in [1.807, 2.05) is 0 Å². The Labute approximate surface area is 123 Å². The van der Waals surface area contributed by atoms with Gasteiger partial charge in [-0.05, 0) is 52.9 Å². The van der Waals surface area contributed by atoms with Gasteiger partial charge in [0, 0.05) is 31.8 Å².